The lowest BCUT2D eigenvalue weighted by molar-refractivity contribution is 0.415. The number of hydrogen-bond donors (Lipinski definition) is 0. The average molecular weight is 349 g/mol. The molecule has 0 saturated heterocycles. The molecule has 25 heavy (non-hydrogen) atoms. The van der Waals surface area contributed by atoms with Gasteiger partial charge < -0.3 is 4.74 Å². The van der Waals surface area contributed by atoms with Crippen molar-refractivity contribution in [1.82, 2.24) is 0 Å². The number of nitriles is 1. The van der Waals surface area contributed by atoms with E-state index in [4.69, 9.17) is 10.00 Å². The molecule has 0 unspecified atom stereocenters. The number of rotatable bonds is 4. The fraction of sp³-hybridized carbons (Fsp3) is 0.0500. The molecule has 0 aromatic heterocycles. The topological polar surface area (TPSA) is 67.2 Å². The summed E-state index contributed by atoms with van der Waals surface area (Å²) in [7, 11) is -2.00. The Bertz CT molecular complexity index is 1030. The van der Waals surface area contributed by atoms with Crippen LogP contribution in [0.3, 0.4) is 0 Å². The Hall–Kier alpha value is -3.10. The van der Waals surface area contributed by atoms with Gasteiger partial charge in [0, 0.05) is 0 Å². The summed E-state index contributed by atoms with van der Waals surface area (Å²) in [6.45, 7) is 0. The maximum atomic E-state index is 12.6. The molecule has 0 radical (unpaired) electrons. The van der Waals surface area contributed by atoms with Gasteiger partial charge >= 0.3 is 0 Å². The average Bonchev–Trinajstić information content (AvgIpc) is 2.68. The predicted molar refractivity (Wildman–Crippen MR) is 95.0 cm³/mol. The molecule has 0 aliphatic heterocycles. The van der Waals surface area contributed by atoms with Crippen LogP contribution in [0.15, 0.2) is 82.6 Å². The number of hydrogen-bond acceptors (Lipinski definition) is 4. The molecule has 3 aromatic rings. The second-order valence-electron chi connectivity index (χ2n) is 5.40. The third kappa shape index (κ3) is 3.39. The highest BCUT2D eigenvalue weighted by molar-refractivity contribution is 7.91. The maximum Gasteiger partial charge on any atom is 0.206 e. The monoisotopic (exact) mass is 349 g/mol. The van der Waals surface area contributed by atoms with Gasteiger partial charge in [0.25, 0.3) is 0 Å². The molecule has 0 amide bonds. The summed E-state index contributed by atoms with van der Waals surface area (Å²) in [5.41, 5.74) is 2.08. The smallest absolute Gasteiger partial charge is 0.206 e. The van der Waals surface area contributed by atoms with E-state index in [0.717, 1.165) is 11.1 Å². The highest BCUT2D eigenvalue weighted by atomic mass is 32.2. The molecule has 0 saturated carbocycles. The molecule has 0 N–H and O–H groups in total. The number of benzene rings is 3. The van der Waals surface area contributed by atoms with E-state index in [0.29, 0.717) is 11.3 Å². The maximum absolute atomic E-state index is 12.6. The fourth-order valence-corrected chi connectivity index (χ4v) is 3.79. The molecule has 0 fully saturated rings. The molecule has 5 heteroatoms. The molecule has 3 rings (SSSR count). The Morgan fingerprint density at radius 1 is 0.840 bits per heavy atom. The molecule has 0 heterocycles. The van der Waals surface area contributed by atoms with E-state index in [1.165, 1.54) is 7.11 Å². The zero-order chi connectivity index (χ0) is 17.9. The molecule has 0 aliphatic rings. The van der Waals surface area contributed by atoms with Crippen molar-refractivity contribution in [3.63, 3.8) is 0 Å². The van der Waals surface area contributed by atoms with Gasteiger partial charge in [-0.05, 0) is 53.6 Å². The second-order valence-corrected chi connectivity index (χ2v) is 7.35. The standard InChI is InChI=1S/C20H15NO3S/c1-24-18-12-15(14-21)11-17(13-18)16-7-9-20(10-8-16)25(22,23)19-5-3-2-4-6-19/h2-13H,1H3. The van der Waals surface area contributed by atoms with Crippen LogP contribution in [0.4, 0.5) is 0 Å². The van der Waals surface area contributed by atoms with E-state index >= 15 is 0 Å². The van der Waals surface area contributed by atoms with Crippen molar-refractivity contribution >= 4 is 9.84 Å². The van der Waals surface area contributed by atoms with Crippen LogP contribution in [0.2, 0.25) is 0 Å². The van der Waals surface area contributed by atoms with Crippen molar-refractivity contribution in [3.05, 3.63) is 78.4 Å². The molecule has 0 spiro atoms. The quantitative estimate of drug-likeness (QED) is 0.712. The minimum atomic E-state index is -3.54. The van der Waals surface area contributed by atoms with Gasteiger partial charge in [-0.3, -0.25) is 0 Å². The second kappa shape index (κ2) is 6.80. The van der Waals surface area contributed by atoms with Crippen LogP contribution < -0.4 is 4.74 Å². The van der Waals surface area contributed by atoms with Gasteiger partial charge in [-0.15, -0.1) is 0 Å². The zero-order valence-electron chi connectivity index (χ0n) is 13.5. The Labute approximate surface area is 146 Å². The molecule has 124 valence electrons. The molecule has 3 aromatic carbocycles. The van der Waals surface area contributed by atoms with Gasteiger partial charge in [0.15, 0.2) is 0 Å². The van der Waals surface area contributed by atoms with Crippen molar-refractivity contribution < 1.29 is 13.2 Å². The Morgan fingerprint density at radius 2 is 1.48 bits per heavy atom. The van der Waals surface area contributed by atoms with Gasteiger partial charge in [-0.25, -0.2) is 8.42 Å². The van der Waals surface area contributed by atoms with E-state index in [1.807, 2.05) is 6.07 Å². The minimum Gasteiger partial charge on any atom is -0.497 e. The van der Waals surface area contributed by atoms with Crippen LogP contribution in [0.5, 0.6) is 5.75 Å². The number of ether oxygens (including phenoxy) is 1. The summed E-state index contributed by atoms with van der Waals surface area (Å²) >= 11 is 0. The normalized spacial score (nSPS) is 10.9. The lowest BCUT2D eigenvalue weighted by Gasteiger charge is -2.08. The molecule has 0 bridgehead atoms. The van der Waals surface area contributed by atoms with Gasteiger partial charge in [0.1, 0.15) is 5.75 Å². The van der Waals surface area contributed by atoms with Crippen LogP contribution in [0.25, 0.3) is 11.1 Å². The van der Waals surface area contributed by atoms with Crippen molar-refractivity contribution in [2.45, 2.75) is 9.79 Å². The highest BCUT2D eigenvalue weighted by Crippen LogP contribution is 2.28. The lowest BCUT2D eigenvalue weighted by Crippen LogP contribution is -2.01. The molecule has 0 aliphatic carbocycles. The lowest BCUT2D eigenvalue weighted by atomic mass is 10.0. The number of sulfone groups is 1. The summed E-state index contributed by atoms with van der Waals surface area (Å²) in [6, 6.07) is 22.2. The summed E-state index contributed by atoms with van der Waals surface area (Å²) in [5.74, 6) is 0.579. The van der Waals surface area contributed by atoms with Crippen LogP contribution in [-0.2, 0) is 9.84 Å². The van der Waals surface area contributed by atoms with Crippen molar-refractivity contribution in [1.29, 1.82) is 5.26 Å². The van der Waals surface area contributed by atoms with E-state index < -0.39 is 9.84 Å². The van der Waals surface area contributed by atoms with E-state index in [1.54, 1.807) is 66.7 Å². The third-order valence-electron chi connectivity index (χ3n) is 3.82. The summed E-state index contributed by atoms with van der Waals surface area (Å²) < 4.78 is 30.4. The van der Waals surface area contributed by atoms with Gasteiger partial charge in [-0.2, -0.15) is 5.26 Å². The van der Waals surface area contributed by atoms with Gasteiger partial charge in [0.05, 0.1) is 28.5 Å². The van der Waals surface area contributed by atoms with E-state index in [2.05, 4.69) is 6.07 Å². The van der Waals surface area contributed by atoms with Crippen LogP contribution >= 0.6 is 0 Å². The molecular formula is C20H15NO3S. The van der Waals surface area contributed by atoms with Crippen molar-refractivity contribution in [2.75, 3.05) is 7.11 Å². The first-order valence-electron chi connectivity index (χ1n) is 7.54. The third-order valence-corrected chi connectivity index (χ3v) is 5.61. The minimum absolute atomic E-state index is 0.228. The first-order chi connectivity index (χ1) is 12.0. The predicted octanol–water partition coefficient (Wildman–Crippen LogP) is 4.07. The zero-order valence-corrected chi connectivity index (χ0v) is 14.3. The van der Waals surface area contributed by atoms with Crippen LogP contribution in [0, 0.1) is 11.3 Å². The molecule has 0 atom stereocenters. The SMILES string of the molecule is COc1cc(C#N)cc(-c2ccc(S(=O)(=O)c3ccccc3)cc2)c1. The van der Waals surface area contributed by atoms with Gasteiger partial charge in [-0.1, -0.05) is 30.3 Å². The van der Waals surface area contributed by atoms with Crippen LogP contribution in [0.1, 0.15) is 5.56 Å². The first kappa shape index (κ1) is 16.7. The van der Waals surface area contributed by atoms with E-state index in [-0.39, 0.29) is 9.79 Å². The van der Waals surface area contributed by atoms with E-state index in [9.17, 15) is 8.42 Å². The van der Waals surface area contributed by atoms with Crippen molar-refractivity contribution in [2.24, 2.45) is 0 Å². The Balaban J connectivity index is 2.00. The number of methoxy groups -OCH3 is 1. The van der Waals surface area contributed by atoms with Crippen LogP contribution in [-0.4, -0.2) is 15.5 Å². The van der Waals surface area contributed by atoms with Crippen molar-refractivity contribution in [3.8, 4) is 22.9 Å². The number of nitrogens with zero attached hydrogens (tertiary/aromatic N) is 1. The summed E-state index contributed by atoms with van der Waals surface area (Å²) in [5, 5.41) is 9.12. The first-order valence-corrected chi connectivity index (χ1v) is 9.02. The Morgan fingerprint density at radius 3 is 2.08 bits per heavy atom. The molecular weight excluding hydrogens is 334 g/mol. The fourth-order valence-electron chi connectivity index (χ4n) is 2.51. The summed E-state index contributed by atoms with van der Waals surface area (Å²) in [6.07, 6.45) is 0. The Kier molecular flexibility index (Phi) is 4.55. The largest absolute Gasteiger partial charge is 0.497 e. The highest BCUT2D eigenvalue weighted by Gasteiger charge is 2.17. The summed E-state index contributed by atoms with van der Waals surface area (Å²) in [4.78, 5) is 0.488. The molecule has 4 nitrogen and oxygen atoms in total. The van der Waals surface area contributed by atoms with Gasteiger partial charge in [0.2, 0.25) is 9.84 Å².